The Morgan fingerprint density at radius 1 is 1.26 bits per heavy atom. The molecule has 0 atom stereocenters. The van der Waals surface area contributed by atoms with Gasteiger partial charge in [0.05, 0.1) is 18.9 Å². The van der Waals surface area contributed by atoms with Crippen molar-refractivity contribution in [1.29, 1.82) is 0 Å². The van der Waals surface area contributed by atoms with E-state index in [2.05, 4.69) is 15.3 Å². The Bertz CT molecular complexity index is 692. The predicted molar refractivity (Wildman–Crippen MR) is 73.9 cm³/mol. The van der Waals surface area contributed by atoms with Gasteiger partial charge in [-0.1, -0.05) is 6.07 Å². The van der Waals surface area contributed by atoms with Gasteiger partial charge in [-0.05, 0) is 17.7 Å². The number of halogens is 4. The van der Waals surface area contributed by atoms with Crippen LogP contribution < -0.4 is 14.8 Å². The van der Waals surface area contributed by atoms with Crippen LogP contribution in [0.25, 0.3) is 0 Å². The summed E-state index contributed by atoms with van der Waals surface area (Å²) in [6, 6.07) is 3.39. The zero-order valence-corrected chi connectivity index (χ0v) is 12.2. The van der Waals surface area contributed by atoms with E-state index in [4.69, 9.17) is 9.47 Å². The van der Waals surface area contributed by atoms with Crippen LogP contribution in [0, 0.1) is 5.82 Å². The Labute approximate surface area is 129 Å². The van der Waals surface area contributed by atoms with Gasteiger partial charge in [-0.25, -0.2) is 9.37 Å². The van der Waals surface area contributed by atoms with Crippen molar-refractivity contribution in [2.24, 2.45) is 0 Å². The SMILES string of the molecule is CNc1nc(OCc2ccc(OC)c(C(F)(F)F)c2)ncc1F. The molecule has 0 radical (unpaired) electrons. The minimum atomic E-state index is -4.55. The van der Waals surface area contributed by atoms with E-state index in [0.29, 0.717) is 0 Å². The first-order valence-corrected chi connectivity index (χ1v) is 6.42. The molecule has 2 rings (SSSR count). The molecule has 0 spiro atoms. The Balaban J connectivity index is 2.18. The van der Waals surface area contributed by atoms with Crippen molar-refractivity contribution < 1.29 is 27.0 Å². The van der Waals surface area contributed by atoms with Crippen LogP contribution in [0.2, 0.25) is 0 Å². The molecule has 23 heavy (non-hydrogen) atoms. The lowest BCUT2D eigenvalue weighted by atomic mass is 10.1. The molecular weight excluding hydrogens is 318 g/mol. The van der Waals surface area contributed by atoms with Crippen LogP contribution in [0.5, 0.6) is 11.8 Å². The molecule has 0 fully saturated rings. The highest BCUT2D eigenvalue weighted by Crippen LogP contribution is 2.36. The summed E-state index contributed by atoms with van der Waals surface area (Å²) in [7, 11) is 2.63. The average Bonchev–Trinajstić information content (AvgIpc) is 2.53. The molecule has 124 valence electrons. The van der Waals surface area contributed by atoms with E-state index in [-0.39, 0.29) is 29.7 Å². The number of anilines is 1. The minimum Gasteiger partial charge on any atom is -0.496 e. The standard InChI is InChI=1S/C14H13F4N3O2/c1-19-12-10(15)6-20-13(21-12)23-7-8-3-4-11(22-2)9(5-8)14(16,17)18/h3-6H,7H2,1-2H3,(H,19,20,21). The van der Waals surface area contributed by atoms with Crippen LogP contribution in [0.3, 0.4) is 0 Å². The van der Waals surface area contributed by atoms with Crippen molar-refractivity contribution in [1.82, 2.24) is 9.97 Å². The van der Waals surface area contributed by atoms with E-state index >= 15 is 0 Å². The molecule has 9 heteroatoms. The largest absolute Gasteiger partial charge is 0.496 e. The van der Waals surface area contributed by atoms with Crippen molar-refractivity contribution in [3.63, 3.8) is 0 Å². The highest BCUT2D eigenvalue weighted by atomic mass is 19.4. The van der Waals surface area contributed by atoms with Crippen LogP contribution in [-0.4, -0.2) is 24.1 Å². The molecule has 0 unspecified atom stereocenters. The number of methoxy groups -OCH3 is 1. The molecule has 0 amide bonds. The van der Waals surface area contributed by atoms with Gasteiger partial charge in [0.25, 0.3) is 0 Å². The molecule has 1 N–H and O–H groups in total. The zero-order chi connectivity index (χ0) is 17.0. The second-order valence-corrected chi connectivity index (χ2v) is 4.42. The Morgan fingerprint density at radius 2 is 2.00 bits per heavy atom. The van der Waals surface area contributed by atoms with E-state index in [0.717, 1.165) is 19.4 Å². The fraction of sp³-hybridized carbons (Fsp3) is 0.286. The number of hydrogen-bond donors (Lipinski definition) is 1. The highest BCUT2D eigenvalue weighted by molar-refractivity contribution is 5.39. The highest BCUT2D eigenvalue weighted by Gasteiger charge is 2.34. The fourth-order valence-electron chi connectivity index (χ4n) is 1.81. The maximum absolute atomic E-state index is 13.2. The van der Waals surface area contributed by atoms with E-state index in [1.165, 1.54) is 19.2 Å². The second-order valence-electron chi connectivity index (χ2n) is 4.42. The number of alkyl halides is 3. The molecule has 5 nitrogen and oxygen atoms in total. The van der Waals surface area contributed by atoms with Gasteiger partial charge in [-0.15, -0.1) is 0 Å². The Morgan fingerprint density at radius 3 is 2.61 bits per heavy atom. The number of aromatic nitrogens is 2. The summed E-state index contributed by atoms with van der Waals surface area (Å²) in [5, 5.41) is 2.51. The molecule has 1 aromatic heterocycles. The maximum Gasteiger partial charge on any atom is 0.419 e. The van der Waals surface area contributed by atoms with Crippen molar-refractivity contribution in [2.75, 3.05) is 19.5 Å². The van der Waals surface area contributed by atoms with Gasteiger partial charge < -0.3 is 14.8 Å². The van der Waals surface area contributed by atoms with Gasteiger partial charge in [0.15, 0.2) is 11.6 Å². The number of rotatable bonds is 5. The lowest BCUT2D eigenvalue weighted by Crippen LogP contribution is -2.09. The lowest BCUT2D eigenvalue weighted by molar-refractivity contribution is -0.138. The molecule has 1 aromatic carbocycles. The van der Waals surface area contributed by atoms with E-state index in [1.54, 1.807) is 0 Å². The van der Waals surface area contributed by atoms with Gasteiger partial charge in [0, 0.05) is 7.05 Å². The van der Waals surface area contributed by atoms with Crippen molar-refractivity contribution in [3.8, 4) is 11.8 Å². The molecule has 0 saturated heterocycles. The average molecular weight is 331 g/mol. The number of nitrogens with zero attached hydrogens (tertiary/aromatic N) is 2. The zero-order valence-electron chi connectivity index (χ0n) is 12.2. The van der Waals surface area contributed by atoms with Crippen molar-refractivity contribution in [3.05, 3.63) is 41.3 Å². The number of nitrogens with one attached hydrogen (secondary N) is 1. The molecule has 2 aromatic rings. The monoisotopic (exact) mass is 331 g/mol. The van der Waals surface area contributed by atoms with E-state index in [1.807, 2.05) is 0 Å². The smallest absolute Gasteiger partial charge is 0.419 e. The third-order valence-corrected chi connectivity index (χ3v) is 2.90. The van der Waals surface area contributed by atoms with Gasteiger partial charge in [-0.2, -0.15) is 18.2 Å². The van der Waals surface area contributed by atoms with E-state index in [9.17, 15) is 17.6 Å². The van der Waals surface area contributed by atoms with Crippen molar-refractivity contribution in [2.45, 2.75) is 12.8 Å². The molecule has 0 bridgehead atoms. The van der Waals surface area contributed by atoms with Gasteiger partial charge in [0.2, 0.25) is 0 Å². The van der Waals surface area contributed by atoms with Crippen LogP contribution >= 0.6 is 0 Å². The van der Waals surface area contributed by atoms with Gasteiger partial charge in [0.1, 0.15) is 12.4 Å². The summed E-state index contributed by atoms with van der Waals surface area (Å²) in [5.41, 5.74) is -0.658. The second kappa shape index (κ2) is 6.67. The quantitative estimate of drug-likeness (QED) is 0.852. The Kier molecular flexibility index (Phi) is 4.87. The summed E-state index contributed by atoms with van der Waals surface area (Å²) in [4.78, 5) is 7.36. The summed E-state index contributed by atoms with van der Waals surface area (Å²) in [6.07, 6.45) is -3.64. The number of hydrogen-bond acceptors (Lipinski definition) is 5. The van der Waals surface area contributed by atoms with Crippen LogP contribution in [0.15, 0.2) is 24.4 Å². The predicted octanol–water partition coefficient (Wildman–Crippen LogP) is 3.26. The number of benzene rings is 1. The molecule has 0 aliphatic carbocycles. The van der Waals surface area contributed by atoms with Gasteiger partial charge >= 0.3 is 12.2 Å². The Hall–Kier alpha value is -2.58. The minimum absolute atomic E-state index is 0.0688. The molecule has 0 aliphatic heterocycles. The van der Waals surface area contributed by atoms with Crippen LogP contribution in [0.1, 0.15) is 11.1 Å². The van der Waals surface area contributed by atoms with E-state index < -0.39 is 17.6 Å². The molecule has 0 saturated carbocycles. The van der Waals surface area contributed by atoms with Crippen molar-refractivity contribution >= 4 is 5.82 Å². The van der Waals surface area contributed by atoms with Crippen LogP contribution in [0.4, 0.5) is 23.4 Å². The lowest BCUT2D eigenvalue weighted by Gasteiger charge is -2.13. The first kappa shape index (κ1) is 16.8. The topological polar surface area (TPSA) is 56.3 Å². The maximum atomic E-state index is 13.2. The molecular formula is C14H13F4N3O2. The molecule has 0 aliphatic rings. The fourth-order valence-corrected chi connectivity index (χ4v) is 1.81. The number of ether oxygens (including phenoxy) is 2. The third kappa shape index (κ3) is 3.99. The summed E-state index contributed by atoms with van der Waals surface area (Å²) < 4.78 is 61.9. The molecule has 1 heterocycles. The summed E-state index contributed by atoms with van der Waals surface area (Å²) in [6.45, 7) is -0.206. The summed E-state index contributed by atoms with van der Waals surface area (Å²) >= 11 is 0. The van der Waals surface area contributed by atoms with Crippen LogP contribution in [-0.2, 0) is 12.8 Å². The summed E-state index contributed by atoms with van der Waals surface area (Å²) in [5.74, 6) is -1.01. The first-order valence-electron chi connectivity index (χ1n) is 6.42. The normalized spacial score (nSPS) is 11.2. The third-order valence-electron chi connectivity index (χ3n) is 2.90. The first-order chi connectivity index (χ1) is 10.8. The van der Waals surface area contributed by atoms with Gasteiger partial charge in [-0.3, -0.25) is 0 Å².